The summed E-state index contributed by atoms with van der Waals surface area (Å²) in [5.41, 5.74) is 7.03. The second-order valence-electron chi connectivity index (χ2n) is 14.8. The summed E-state index contributed by atoms with van der Waals surface area (Å²) >= 11 is 14.5. The fraction of sp³-hybridized carbons (Fsp3) is 0.222. The van der Waals surface area contributed by atoms with Gasteiger partial charge in [0.15, 0.2) is 5.82 Å². The van der Waals surface area contributed by atoms with Gasteiger partial charge in [0.25, 0.3) is 5.91 Å². The van der Waals surface area contributed by atoms with Crippen molar-refractivity contribution in [1.29, 1.82) is 0 Å². The zero-order valence-electron chi connectivity index (χ0n) is 33.4. The molecule has 0 aliphatic carbocycles. The predicted octanol–water partition coefficient (Wildman–Crippen LogP) is 8.52. The number of aromatic nitrogens is 3. The minimum Gasteiger partial charge on any atom is -0.457 e. The number of nitrogens with zero attached hydrogens (tertiary/aromatic N) is 4. The molecule has 13 nitrogen and oxygen atoms in total. The normalized spacial score (nSPS) is 14.2. The quantitative estimate of drug-likeness (QED) is 0.0706. The molecule has 0 radical (unpaired) electrons. The number of carbonyl (C=O) groups excluding carboxylic acids is 4. The third kappa shape index (κ3) is 9.07. The van der Waals surface area contributed by atoms with Crippen LogP contribution in [0.15, 0.2) is 89.9 Å². The van der Waals surface area contributed by atoms with E-state index in [1.807, 2.05) is 41.8 Å². The Bertz CT molecular complexity index is 2730. The van der Waals surface area contributed by atoms with E-state index in [0.29, 0.717) is 63.6 Å². The number of anilines is 1. The summed E-state index contributed by atoms with van der Waals surface area (Å²) in [6.45, 7) is 6.77. The summed E-state index contributed by atoms with van der Waals surface area (Å²) in [5, 5.41) is 22.0. The molecule has 16 heteroatoms. The Morgan fingerprint density at radius 3 is 2.49 bits per heavy atom. The molecule has 2 aliphatic rings. The summed E-state index contributed by atoms with van der Waals surface area (Å²) in [7, 11) is 0. The average Bonchev–Trinajstić information content (AvgIpc) is 3.71. The molecular formula is C45H40Cl2N8O5S. The maximum atomic E-state index is 13.4. The van der Waals surface area contributed by atoms with Gasteiger partial charge < -0.3 is 20.7 Å². The summed E-state index contributed by atoms with van der Waals surface area (Å²) in [5.74, 6) is 1.22. The van der Waals surface area contributed by atoms with Crippen molar-refractivity contribution < 1.29 is 23.9 Å². The number of rotatable bonds is 12. The van der Waals surface area contributed by atoms with Gasteiger partial charge in [-0.1, -0.05) is 65.7 Å². The zero-order valence-corrected chi connectivity index (χ0v) is 35.7. The largest absolute Gasteiger partial charge is 0.457 e. The Balaban J connectivity index is 0.822. The molecule has 0 fully saturated rings. The maximum Gasteiger partial charge on any atom is 0.319 e. The van der Waals surface area contributed by atoms with E-state index in [0.717, 1.165) is 44.4 Å². The van der Waals surface area contributed by atoms with Crippen molar-refractivity contribution in [2.45, 2.75) is 59.0 Å². The fourth-order valence-corrected chi connectivity index (χ4v) is 8.96. The van der Waals surface area contributed by atoms with Crippen LogP contribution in [0.4, 0.5) is 10.5 Å². The monoisotopic (exact) mass is 874 g/mol. The van der Waals surface area contributed by atoms with Crippen LogP contribution in [0.3, 0.4) is 0 Å². The Morgan fingerprint density at radius 2 is 1.72 bits per heavy atom. The van der Waals surface area contributed by atoms with Crippen LogP contribution in [0.1, 0.15) is 79.1 Å². The van der Waals surface area contributed by atoms with Crippen molar-refractivity contribution in [1.82, 2.24) is 30.7 Å². The van der Waals surface area contributed by atoms with Gasteiger partial charge in [-0.25, -0.2) is 4.79 Å². The predicted molar refractivity (Wildman–Crippen MR) is 236 cm³/mol. The number of aliphatic imine (C=N–C) groups is 1. The molecule has 0 spiro atoms. The first kappa shape index (κ1) is 41.4. The molecule has 61 heavy (non-hydrogen) atoms. The number of urea groups is 1. The molecule has 310 valence electrons. The van der Waals surface area contributed by atoms with Gasteiger partial charge >= 0.3 is 6.03 Å². The number of hydrogen-bond donors (Lipinski definition) is 4. The first-order valence-electron chi connectivity index (χ1n) is 19.6. The van der Waals surface area contributed by atoms with Crippen molar-refractivity contribution in [3.05, 3.63) is 150 Å². The van der Waals surface area contributed by atoms with Gasteiger partial charge in [0.1, 0.15) is 28.4 Å². The fourth-order valence-electron chi connectivity index (χ4n) is 7.35. The molecule has 0 saturated carbocycles. The van der Waals surface area contributed by atoms with Gasteiger partial charge in [0.2, 0.25) is 11.8 Å². The van der Waals surface area contributed by atoms with Crippen LogP contribution in [0.25, 0.3) is 5.00 Å². The van der Waals surface area contributed by atoms with E-state index < -0.39 is 18.0 Å². The van der Waals surface area contributed by atoms with E-state index in [-0.39, 0.29) is 31.2 Å². The Morgan fingerprint density at radius 1 is 0.934 bits per heavy atom. The van der Waals surface area contributed by atoms with Crippen molar-refractivity contribution in [3.63, 3.8) is 0 Å². The summed E-state index contributed by atoms with van der Waals surface area (Å²) in [6, 6.07) is 24.2. The molecule has 4 N–H and O–H groups in total. The van der Waals surface area contributed by atoms with E-state index in [1.54, 1.807) is 65.9 Å². The van der Waals surface area contributed by atoms with Crippen molar-refractivity contribution >= 4 is 69.7 Å². The molecule has 2 aromatic heterocycles. The topological polar surface area (TPSA) is 169 Å². The smallest absolute Gasteiger partial charge is 0.319 e. The van der Waals surface area contributed by atoms with E-state index in [1.165, 1.54) is 4.88 Å². The molecule has 0 saturated heterocycles. The zero-order chi connectivity index (χ0) is 42.8. The number of halogens is 2. The number of benzene rings is 4. The molecule has 0 unspecified atom stereocenters. The highest BCUT2D eigenvalue weighted by molar-refractivity contribution is 7.15. The first-order chi connectivity index (χ1) is 29.4. The van der Waals surface area contributed by atoms with Gasteiger partial charge in [0, 0.05) is 44.8 Å². The number of imide groups is 1. The molecular weight excluding hydrogens is 836 g/mol. The van der Waals surface area contributed by atoms with Gasteiger partial charge in [0.05, 0.1) is 24.1 Å². The number of carbonyl (C=O) groups is 4. The first-order valence-corrected chi connectivity index (χ1v) is 21.2. The number of thiophene rings is 1. The maximum absolute atomic E-state index is 13.4. The van der Waals surface area contributed by atoms with Crippen molar-refractivity contribution in [2.75, 3.05) is 11.9 Å². The van der Waals surface area contributed by atoms with Crippen molar-refractivity contribution in [3.8, 4) is 16.5 Å². The van der Waals surface area contributed by atoms with Gasteiger partial charge in [-0.3, -0.25) is 29.3 Å². The Hall–Kier alpha value is -6.35. The number of ether oxygens (including phenoxy) is 1. The number of hydrogen-bond acceptors (Lipinski definition) is 9. The van der Waals surface area contributed by atoms with Gasteiger partial charge in [-0.2, -0.15) is 0 Å². The number of amides is 5. The molecule has 8 rings (SSSR count). The highest BCUT2D eigenvalue weighted by atomic mass is 35.5. The average molecular weight is 876 g/mol. The number of nitrogens with one attached hydrogen (secondary N) is 4. The van der Waals surface area contributed by atoms with Crippen LogP contribution in [-0.4, -0.2) is 50.8 Å². The summed E-state index contributed by atoms with van der Waals surface area (Å²) in [4.78, 5) is 56.7. The van der Waals surface area contributed by atoms with Crippen LogP contribution >= 0.6 is 34.5 Å². The molecule has 4 aromatic carbocycles. The van der Waals surface area contributed by atoms with Crippen LogP contribution in [-0.2, 0) is 29.0 Å². The molecule has 6 aromatic rings. The molecule has 1 atom stereocenters. The Labute approximate surface area is 365 Å². The van der Waals surface area contributed by atoms with E-state index in [4.69, 9.17) is 32.9 Å². The third-order valence-corrected chi connectivity index (χ3v) is 12.3. The van der Waals surface area contributed by atoms with Gasteiger partial charge in [-0.15, -0.1) is 21.5 Å². The minimum atomic E-state index is -0.564. The van der Waals surface area contributed by atoms with Crippen LogP contribution in [0.2, 0.25) is 10.0 Å². The Kier molecular flexibility index (Phi) is 12.0. The molecule has 2 aliphatic heterocycles. The lowest BCUT2D eigenvalue weighted by Crippen LogP contribution is -2.37. The highest BCUT2D eigenvalue weighted by Crippen LogP contribution is 2.40. The van der Waals surface area contributed by atoms with E-state index >= 15 is 0 Å². The summed E-state index contributed by atoms with van der Waals surface area (Å²) < 4.78 is 7.99. The lowest BCUT2D eigenvalue weighted by atomic mass is 9.99. The lowest BCUT2D eigenvalue weighted by molar-refractivity contribution is -0.121. The highest BCUT2D eigenvalue weighted by Gasteiger charge is 2.32. The minimum absolute atomic E-state index is 0.0902. The van der Waals surface area contributed by atoms with Crippen molar-refractivity contribution in [2.24, 2.45) is 4.99 Å². The van der Waals surface area contributed by atoms with Crippen LogP contribution in [0, 0.1) is 20.8 Å². The molecule has 4 heterocycles. The molecule has 0 bridgehead atoms. The van der Waals surface area contributed by atoms with Crippen LogP contribution in [0.5, 0.6) is 11.5 Å². The third-order valence-electron chi connectivity index (χ3n) is 10.5. The number of aryl methyl sites for hydroxylation is 3. The lowest BCUT2D eigenvalue weighted by Gasteiger charge is -2.18. The van der Waals surface area contributed by atoms with E-state index in [9.17, 15) is 19.2 Å². The van der Waals surface area contributed by atoms with Gasteiger partial charge in [-0.05, 0) is 98.3 Å². The second kappa shape index (κ2) is 17.7. The summed E-state index contributed by atoms with van der Waals surface area (Å²) in [6.07, 6.45) is 1.45. The number of fused-ring (bicyclic) bond motifs is 4. The second-order valence-corrected chi connectivity index (χ2v) is 16.8. The SMILES string of the molecule is Cc1sc2c(c1C)C(c1ccc(Cl)cc1)=N[C@@H](CC(=O)NCCCc1ccc(NC(=O)NCc3ccc(Oc4cccc5c4C(=O)NC(=O)C5)cc3)cc1Cl)c1nnc(C)n1-2. The van der Waals surface area contributed by atoms with Crippen LogP contribution < -0.4 is 26.0 Å². The van der Waals surface area contributed by atoms with E-state index in [2.05, 4.69) is 45.3 Å². The standard InChI is InChI=1S/C45H40Cl2N8O5S/c1-24-25(2)61-44-39(24)41(29-11-14-31(46)15-12-29)51-35(42-54-53-26(3)55(42)44)22-37(56)48-19-5-7-28-13-16-32(21-34(28)47)50-45(59)49-23-27-9-17-33(18-10-27)60-36-8-4-6-30-20-38(57)52-43(58)40(30)36/h4,6,8-18,21,35H,5,7,19-20,22-23H2,1-3H3,(H,48,56)(H2,49,50,59)(H,52,57,58)/t35-/m0/s1. The molecule has 5 amide bonds.